The SMILES string of the molecule is CCNC(=O)c1nc(C(=O)NCC(C)c2ccccc2)cs1. The van der Waals surface area contributed by atoms with Gasteiger partial charge < -0.3 is 10.6 Å². The Kier molecular flexibility index (Phi) is 5.66. The van der Waals surface area contributed by atoms with Crippen LogP contribution in [0.2, 0.25) is 0 Å². The number of nitrogens with zero attached hydrogens (tertiary/aromatic N) is 1. The first-order valence-corrected chi connectivity index (χ1v) is 8.06. The molecule has 1 aromatic heterocycles. The molecule has 2 rings (SSSR count). The van der Waals surface area contributed by atoms with Crippen LogP contribution in [0.25, 0.3) is 0 Å². The summed E-state index contributed by atoms with van der Waals surface area (Å²) in [6, 6.07) is 9.99. The molecule has 0 radical (unpaired) electrons. The lowest BCUT2D eigenvalue weighted by Gasteiger charge is -2.12. The highest BCUT2D eigenvalue weighted by atomic mass is 32.1. The summed E-state index contributed by atoms with van der Waals surface area (Å²) >= 11 is 1.17. The molecule has 6 heteroatoms. The van der Waals surface area contributed by atoms with Crippen LogP contribution < -0.4 is 10.6 Å². The summed E-state index contributed by atoms with van der Waals surface area (Å²) in [4.78, 5) is 27.8. The van der Waals surface area contributed by atoms with Crippen LogP contribution in [0.5, 0.6) is 0 Å². The van der Waals surface area contributed by atoms with Gasteiger partial charge in [-0.15, -0.1) is 11.3 Å². The third-order valence-corrected chi connectivity index (χ3v) is 4.05. The first-order chi connectivity index (χ1) is 10.6. The van der Waals surface area contributed by atoms with Crippen LogP contribution in [-0.4, -0.2) is 29.9 Å². The molecule has 1 unspecified atom stereocenters. The second-order valence-electron chi connectivity index (χ2n) is 4.92. The van der Waals surface area contributed by atoms with Crippen LogP contribution in [0.15, 0.2) is 35.7 Å². The molecular weight excluding hydrogens is 298 g/mol. The van der Waals surface area contributed by atoms with Crippen molar-refractivity contribution >= 4 is 23.2 Å². The molecule has 116 valence electrons. The quantitative estimate of drug-likeness (QED) is 0.859. The Bertz CT molecular complexity index is 640. The Balaban J connectivity index is 1.91. The van der Waals surface area contributed by atoms with Crippen LogP contribution in [0.4, 0.5) is 0 Å². The third kappa shape index (κ3) is 4.14. The largest absolute Gasteiger partial charge is 0.350 e. The molecule has 1 aromatic carbocycles. The fraction of sp³-hybridized carbons (Fsp3) is 0.312. The molecule has 1 atom stereocenters. The number of aromatic nitrogens is 1. The van der Waals surface area contributed by atoms with Crippen LogP contribution in [0.1, 0.15) is 45.6 Å². The number of nitrogens with one attached hydrogen (secondary N) is 2. The average Bonchev–Trinajstić information content (AvgIpc) is 3.03. The lowest BCUT2D eigenvalue weighted by atomic mass is 10.0. The number of carbonyl (C=O) groups excluding carboxylic acids is 2. The van der Waals surface area contributed by atoms with Gasteiger partial charge in [-0.05, 0) is 18.4 Å². The number of hydrogen-bond donors (Lipinski definition) is 2. The molecule has 0 saturated carbocycles. The van der Waals surface area contributed by atoms with Gasteiger partial charge in [-0.25, -0.2) is 4.98 Å². The summed E-state index contributed by atoms with van der Waals surface area (Å²) in [5.74, 6) is -0.287. The highest BCUT2D eigenvalue weighted by Crippen LogP contribution is 2.14. The summed E-state index contributed by atoms with van der Waals surface area (Å²) in [6.45, 7) is 4.95. The normalized spacial score (nSPS) is 11.7. The van der Waals surface area contributed by atoms with E-state index in [4.69, 9.17) is 0 Å². The molecule has 2 N–H and O–H groups in total. The van der Waals surface area contributed by atoms with Gasteiger partial charge in [0.2, 0.25) is 0 Å². The van der Waals surface area contributed by atoms with Gasteiger partial charge in [-0.3, -0.25) is 9.59 Å². The van der Waals surface area contributed by atoms with Crippen molar-refractivity contribution in [3.05, 3.63) is 52.0 Å². The molecule has 5 nitrogen and oxygen atoms in total. The molecule has 0 aliphatic rings. The molecule has 0 fully saturated rings. The van der Waals surface area contributed by atoms with E-state index in [2.05, 4.69) is 22.5 Å². The highest BCUT2D eigenvalue weighted by molar-refractivity contribution is 7.11. The molecule has 0 bridgehead atoms. The van der Waals surface area contributed by atoms with E-state index in [1.165, 1.54) is 16.9 Å². The maximum absolute atomic E-state index is 12.1. The highest BCUT2D eigenvalue weighted by Gasteiger charge is 2.15. The lowest BCUT2D eigenvalue weighted by Crippen LogP contribution is -2.28. The molecule has 0 aliphatic heterocycles. The summed E-state index contributed by atoms with van der Waals surface area (Å²) in [5, 5.41) is 7.43. The van der Waals surface area contributed by atoms with E-state index in [1.807, 2.05) is 37.3 Å². The van der Waals surface area contributed by atoms with Crippen molar-refractivity contribution in [3.8, 4) is 0 Å². The fourth-order valence-electron chi connectivity index (χ4n) is 1.95. The van der Waals surface area contributed by atoms with E-state index in [9.17, 15) is 9.59 Å². The molecule has 1 heterocycles. The maximum Gasteiger partial charge on any atom is 0.280 e. The van der Waals surface area contributed by atoms with E-state index in [-0.39, 0.29) is 23.4 Å². The van der Waals surface area contributed by atoms with Crippen molar-refractivity contribution in [2.24, 2.45) is 0 Å². The molecule has 22 heavy (non-hydrogen) atoms. The van der Waals surface area contributed by atoms with Crippen molar-refractivity contribution in [2.45, 2.75) is 19.8 Å². The number of benzene rings is 1. The second kappa shape index (κ2) is 7.70. The van der Waals surface area contributed by atoms with Crippen molar-refractivity contribution < 1.29 is 9.59 Å². The minimum Gasteiger partial charge on any atom is -0.350 e. The van der Waals surface area contributed by atoms with E-state index >= 15 is 0 Å². The Labute approximate surface area is 133 Å². The zero-order valence-corrected chi connectivity index (χ0v) is 13.4. The van der Waals surface area contributed by atoms with Crippen LogP contribution in [0, 0.1) is 0 Å². The van der Waals surface area contributed by atoms with Gasteiger partial charge >= 0.3 is 0 Å². The first-order valence-electron chi connectivity index (χ1n) is 7.18. The van der Waals surface area contributed by atoms with Gasteiger partial charge in [0, 0.05) is 18.5 Å². The van der Waals surface area contributed by atoms with Gasteiger partial charge in [0.25, 0.3) is 11.8 Å². The molecule has 0 aliphatic carbocycles. The van der Waals surface area contributed by atoms with Gasteiger partial charge in [0.05, 0.1) is 0 Å². The minimum atomic E-state index is -0.255. The van der Waals surface area contributed by atoms with Gasteiger partial charge in [0.1, 0.15) is 5.69 Å². The predicted octanol–water partition coefficient (Wildman–Crippen LogP) is 2.43. The van der Waals surface area contributed by atoms with Gasteiger partial charge in [-0.1, -0.05) is 37.3 Å². The van der Waals surface area contributed by atoms with Crippen LogP contribution in [-0.2, 0) is 0 Å². The zero-order valence-electron chi connectivity index (χ0n) is 12.6. The van der Waals surface area contributed by atoms with Gasteiger partial charge in [0.15, 0.2) is 5.01 Å². The number of amides is 2. The summed E-state index contributed by atoms with van der Waals surface area (Å²) in [6.07, 6.45) is 0. The smallest absolute Gasteiger partial charge is 0.280 e. The molecule has 0 saturated heterocycles. The topological polar surface area (TPSA) is 71.1 Å². The van der Waals surface area contributed by atoms with E-state index < -0.39 is 0 Å². The third-order valence-electron chi connectivity index (χ3n) is 3.21. The lowest BCUT2D eigenvalue weighted by molar-refractivity contribution is 0.0947. The summed E-state index contributed by atoms with van der Waals surface area (Å²) in [5.41, 5.74) is 1.45. The maximum atomic E-state index is 12.1. The molecule has 0 spiro atoms. The Morgan fingerprint density at radius 1 is 1.18 bits per heavy atom. The van der Waals surface area contributed by atoms with Crippen LogP contribution >= 0.6 is 11.3 Å². The molecule has 2 aromatic rings. The minimum absolute atomic E-state index is 0.214. The Morgan fingerprint density at radius 2 is 1.91 bits per heavy atom. The monoisotopic (exact) mass is 317 g/mol. The Hall–Kier alpha value is -2.21. The van der Waals surface area contributed by atoms with E-state index in [1.54, 1.807) is 5.38 Å². The molecule has 2 amide bonds. The standard InChI is InChI=1S/C16H19N3O2S/c1-3-17-15(21)16-19-13(10-22-16)14(20)18-9-11(2)12-7-5-4-6-8-12/h4-8,10-11H,3,9H2,1-2H3,(H,17,21)(H,18,20). The number of rotatable bonds is 6. The van der Waals surface area contributed by atoms with E-state index in [0.29, 0.717) is 18.1 Å². The predicted molar refractivity (Wildman–Crippen MR) is 87.3 cm³/mol. The average molecular weight is 317 g/mol. The Morgan fingerprint density at radius 3 is 2.59 bits per heavy atom. The van der Waals surface area contributed by atoms with Crippen molar-refractivity contribution in [1.82, 2.24) is 15.6 Å². The fourth-order valence-corrected chi connectivity index (χ4v) is 2.67. The van der Waals surface area contributed by atoms with Crippen molar-refractivity contribution in [3.63, 3.8) is 0 Å². The summed E-state index contributed by atoms with van der Waals surface area (Å²) in [7, 11) is 0. The summed E-state index contributed by atoms with van der Waals surface area (Å²) < 4.78 is 0. The second-order valence-corrected chi connectivity index (χ2v) is 5.78. The van der Waals surface area contributed by atoms with E-state index in [0.717, 1.165) is 0 Å². The van der Waals surface area contributed by atoms with Gasteiger partial charge in [-0.2, -0.15) is 0 Å². The number of carbonyl (C=O) groups is 2. The molecular formula is C16H19N3O2S. The van der Waals surface area contributed by atoms with Crippen molar-refractivity contribution in [1.29, 1.82) is 0 Å². The number of thiazole rings is 1. The van der Waals surface area contributed by atoms with Crippen molar-refractivity contribution in [2.75, 3.05) is 13.1 Å². The zero-order chi connectivity index (χ0) is 15.9. The van der Waals surface area contributed by atoms with Crippen LogP contribution in [0.3, 0.4) is 0 Å². The first kappa shape index (κ1) is 16.2. The number of hydrogen-bond acceptors (Lipinski definition) is 4.